The summed E-state index contributed by atoms with van der Waals surface area (Å²) in [6.45, 7) is 7.28. The van der Waals surface area contributed by atoms with Crippen LogP contribution in [-0.2, 0) is 0 Å². The predicted molar refractivity (Wildman–Crippen MR) is 78.1 cm³/mol. The molecule has 0 saturated carbocycles. The van der Waals surface area contributed by atoms with Crippen molar-refractivity contribution < 1.29 is 0 Å². The van der Waals surface area contributed by atoms with E-state index in [-0.39, 0.29) is 6.04 Å². The van der Waals surface area contributed by atoms with E-state index in [0.29, 0.717) is 0 Å². The fourth-order valence-electron chi connectivity index (χ4n) is 2.15. The van der Waals surface area contributed by atoms with Crippen molar-refractivity contribution in [1.82, 2.24) is 15.3 Å². The summed E-state index contributed by atoms with van der Waals surface area (Å²) in [5.74, 6) is 0. The van der Waals surface area contributed by atoms with Crippen molar-refractivity contribution in [2.75, 3.05) is 6.54 Å². The lowest BCUT2D eigenvalue weighted by Crippen LogP contribution is -2.24. The molecule has 0 aliphatic heterocycles. The molecule has 1 N–H and O–H groups in total. The molecular weight excluding hydrogens is 234 g/mol. The molecule has 0 aliphatic rings. The molecule has 0 fully saturated rings. The minimum absolute atomic E-state index is 0.191. The summed E-state index contributed by atoms with van der Waals surface area (Å²) in [5, 5.41) is 3.59. The lowest BCUT2D eigenvalue weighted by atomic mass is 9.97. The predicted octanol–water partition coefficient (Wildman–Crippen LogP) is 3.18. The average molecular weight is 255 g/mol. The Kier molecular flexibility index (Phi) is 4.63. The van der Waals surface area contributed by atoms with E-state index < -0.39 is 0 Å². The number of pyridine rings is 2. The fraction of sp³-hybridized carbons (Fsp3) is 0.375. The van der Waals surface area contributed by atoms with Crippen molar-refractivity contribution in [3.05, 3.63) is 59.2 Å². The summed E-state index contributed by atoms with van der Waals surface area (Å²) in [6.07, 6.45) is 6.84. The van der Waals surface area contributed by atoms with Crippen LogP contribution in [0.2, 0.25) is 0 Å². The summed E-state index contributed by atoms with van der Waals surface area (Å²) < 4.78 is 0. The topological polar surface area (TPSA) is 37.8 Å². The molecule has 0 bridgehead atoms. The summed E-state index contributed by atoms with van der Waals surface area (Å²) >= 11 is 0. The number of hydrogen-bond donors (Lipinski definition) is 1. The van der Waals surface area contributed by atoms with Gasteiger partial charge >= 0.3 is 0 Å². The second-order valence-electron chi connectivity index (χ2n) is 4.85. The zero-order valence-electron chi connectivity index (χ0n) is 11.9. The molecule has 2 aromatic rings. The molecule has 0 amide bonds. The van der Waals surface area contributed by atoms with Gasteiger partial charge in [0.05, 0.1) is 6.04 Å². The van der Waals surface area contributed by atoms with E-state index in [1.165, 1.54) is 16.7 Å². The average Bonchev–Trinajstić information content (AvgIpc) is 2.43. The molecule has 19 heavy (non-hydrogen) atoms. The number of nitrogens with zero attached hydrogens (tertiary/aromatic N) is 2. The zero-order chi connectivity index (χ0) is 13.7. The minimum atomic E-state index is 0.191. The maximum absolute atomic E-state index is 4.41. The number of rotatable bonds is 5. The second kappa shape index (κ2) is 6.43. The van der Waals surface area contributed by atoms with Gasteiger partial charge in [0.1, 0.15) is 0 Å². The van der Waals surface area contributed by atoms with Crippen LogP contribution in [0.3, 0.4) is 0 Å². The fourth-order valence-corrected chi connectivity index (χ4v) is 2.15. The van der Waals surface area contributed by atoms with E-state index in [1.807, 2.05) is 25.5 Å². The molecule has 2 rings (SSSR count). The van der Waals surface area contributed by atoms with Gasteiger partial charge in [0, 0.05) is 24.3 Å². The largest absolute Gasteiger partial charge is 0.306 e. The van der Waals surface area contributed by atoms with Gasteiger partial charge < -0.3 is 5.32 Å². The van der Waals surface area contributed by atoms with Gasteiger partial charge in [0.25, 0.3) is 0 Å². The maximum Gasteiger partial charge on any atom is 0.0595 e. The molecule has 1 atom stereocenters. The molecule has 3 heteroatoms. The summed E-state index contributed by atoms with van der Waals surface area (Å²) in [7, 11) is 0. The number of aromatic nitrogens is 2. The Bertz CT molecular complexity index is 520. The Morgan fingerprint density at radius 2 is 2.00 bits per heavy atom. The number of aryl methyl sites for hydroxylation is 2. The molecule has 0 aromatic carbocycles. The number of nitrogens with one attached hydrogen (secondary N) is 1. The van der Waals surface area contributed by atoms with Crippen LogP contribution < -0.4 is 5.32 Å². The van der Waals surface area contributed by atoms with E-state index in [0.717, 1.165) is 18.7 Å². The van der Waals surface area contributed by atoms with Crippen LogP contribution in [-0.4, -0.2) is 16.5 Å². The molecule has 2 heterocycles. The molecule has 1 unspecified atom stereocenters. The van der Waals surface area contributed by atoms with Gasteiger partial charge in [-0.05, 0) is 55.6 Å². The van der Waals surface area contributed by atoms with Crippen LogP contribution >= 0.6 is 0 Å². The lowest BCUT2D eigenvalue weighted by Gasteiger charge is -2.21. The van der Waals surface area contributed by atoms with Crippen LogP contribution in [0.1, 0.15) is 41.8 Å². The highest BCUT2D eigenvalue weighted by Crippen LogP contribution is 2.23. The van der Waals surface area contributed by atoms with Crippen LogP contribution in [0.4, 0.5) is 0 Å². The third kappa shape index (κ3) is 3.38. The summed E-state index contributed by atoms with van der Waals surface area (Å²) in [6, 6.07) is 6.49. The van der Waals surface area contributed by atoms with E-state index in [4.69, 9.17) is 0 Å². The van der Waals surface area contributed by atoms with Crippen LogP contribution in [0, 0.1) is 13.8 Å². The highest BCUT2D eigenvalue weighted by Gasteiger charge is 2.15. The summed E-state index contributed by atoms with van der Waals surface area (Å²) in [5.41, 5.74) is 4.73. The van der Waals surface area contributed by atoms with Gasteiger partial charge in [-0.2, -0.15) is 0 Å². The molecular formula is C16H21N3. The first-order chi connectivity index (χ1) is 9.22. The smallest absolute Gasteiger partial charge is 0.0595 e. The molecule has 0 spiro atoms. The van der Waals surface area contributed by atoms with Crippen LogP contribution in [0.25, 0.3) is 0 Å². The van der Waals surface area contributed by atoms with E-state index in [9.17, 15) is 0 Å². The molecule has 0 saturated heterocycles. The first-order valence-electron chi connectivity index (χ1n) is 6.78. The van der Waals surface area contributed by atoms with E-state index in [2.05, 4.69) is 47.3 Å². The third-order valence-corrected chi connectivity index (χ3v) is 3.24. The molecule has 3 nitrogen and oxygen atoms in total. The van der Waals surface area contributed by atoms with E-state index in [1.54, 1.807) is 0 Å². The van der Waals surface area contributed by atoms with Crippen molar-refractivity contribution in [3.63, 3.8) is 0 Å². The number of hydrogen-bond acceptors (Lipinski definition) is 3. The maximum atomic E-state index is 4.41. The Morgan fingerprint density at radius 3 is 2.63 bits per heavy atom. The van der Waals surface area contributed by atoms with Gasteiger partial charge in [-0.3, -0.25) is 9.97 Å². The van der Waals surface area contributed by atoms with Gasteiger partial charge in [0.15, 0.2) is 0 Å². The molecule has 0 aliphatic carbocycles. The molecule has 2 aromatic heterocycles. The van der Waals surface area contributed by atoms with Crippen molar-refractivity contribution >= 4 is 0 Å². The summed E-state index contributed by atoms with van der Waals surface area (Å²) in [4.78, 5) is 8.58. The lowest BCUT2D eigenvalue weighted by molar-refractivity contribution is 0.594. The molecule has 0 radical (unpaired) electrons. The highest BCUT2D eigenvalue weighted by molar-refractivity contribution is 5.34. The van der Waals surface area contributed by atoms with Gasteiger partial charge in [-0.25, -0.2) is 0 Å². The van der Waals surface area contributed by atoms with E-state index >= 15 is 0 Å². The Morgan fingerprint density at radius 1 is 1.16 bits per heavy atom. The first-order valence-corrected chi connectivity index (χ1v) is 6.78. The normalized spacial score (nSPS) is 12.4. The van der Waals surface area contributed by atoms with Crippen molar-refractivity contribution in [3.8, 4) is 0 Å². The second-order valence-corrected chi connectivity index (χ2v) is 4.85. The Labute approximate surface area is 115 Å². The van der Waals surface area contributed by atoms with Gasteiger partial charge in [-0.15, -0.1) is 0 Å². The van der Waals surface area contributed by atoms with Crippen molar-refractivity contribution in [2.45, 2.75) is 33.2 Å². The highest BCUT2D eigenvalue weighted by atomic mass is 14.9. The SMILES string of the molecule is CCCNC(c1ccc(C)nc1)c1ccncc1C. The van der Waals surface area contributed by atoms with Crippen LogP contribution in [0.15, 0.2) is 36.8 Å². The third-order valence-electron chi connectivity index (χ3n) is 3.24. The van der Waals surface area contributed by atoms with Gasteiger partial charge in [0.2, 0.25) is 0 Å². The van der Waals surface area contributed by atoms with Crippen molar-refractivity contribution in [2.24, 2.45) is 0 Å². The minimum Gasteiger partial charge on any atom is -0.306 e. The van der Waals surface area contributed by atoms with Crippen LogP contribution in [0.5, 0.6) is 0 Å². The quantitative estimate of drug-likeness (QED) is 0.891. The van der Waals surface area contributed by atoms with Crippen molar-refractivity contribution in [1.29, 1.82) is 0 Å². The zero-order valence-corrected chi connectivity index (χ0v) is 11.9. The Hall–Kier alpha value is -1.74. The monoisotopic (exact) mass is 255 g/mol. The first kappa shape index (κ1) is 13.7. The Balaban J connectivity index is 2.35. The molecule has 100 valence electrons. The van der Waals surface area contributed by atoms with Gasteiger partial charge in [-0.1, -0.05) is 13.0 Å². The standard InChI is InChI=1S/C16H21N3/c1-4-8-18-16(14-6-5-13(3)19-11-14)15-7-9-17-10-12(15)2/h5-7,9-11,16,18H,4,8H2,1-3H3.